The molecule has 0 radical (unpaired) electrons. The number of methoxy groups -OCH3 is 1. The number of amides is 1. The van der Waals surface area contributed by atoms with Crippen molar-refractivity contribution in [1.82, 2.24) is 4.57 Å². The number of nitrogens with zero attached hydrogens (tertiary/aromatic N) is 3. The Morgan fingerprint density at radius 2 is 1.90 bits per heavy atom. The summed E-state index contributed by atoms with van der Waals surface area (Å²) in [5.74, 6) is 0.121. The predicted octanol–water partition coefficient (Wildman–Crippen LogP) is 4.56. The van der Waals surface area contributed by atoms with E-state index in [1.807, 2.05) is 30.6 Å². The zero-order valence-corrected chi connectivity index (χ0v) is 17.2. The lowest BCUT2D eigenvalue weighted by Crippen LogP contribution is -2.13. The molecule has 0 aliphatic heterocycles. The van der Waals surface area contributed by atoms with E-state index in [0.29, 0.717) is 22.7 Å². The number of hydrogen-bond acceptors (Lipinski definition) is 5. The summed E-state index contributed by atoms with van der Waals surface area (Å²) in [7, 11) is 1.55. The first-order valence-corrected chi connectivity index (χ1v) is 9.35. The molecule has 3 rings (SSSR count). The molecule has 8 heteroatoms. The summed E-state index contributed by atoms with van der Waals surface area (Å²) >= 11 is 0. The number of nitro groups is 1. The van der Waals surface area contributed by atoms with Crippen LogP contribution in [0.4, 0.5) is 11.4 Å². The zero-order chi connectivity index (χ0) is 22.5. The van der Waals surface area contributed by atoms with E-state index in [1.165, 1.54) is 18.2 Å². The second-order valence-electron chi connectivity index (χ2n) is 6.79. The van der Waals surface area contributed by atoms with E-state index in [4.69, 9.17) is 4.74 Å². The first-order valence-electron chi connectivity index (χ1n) is 9.35. The van der Waals surface area contributed by atoms with Gasteiger partial charge in [0.1, 0.15) is 17.4 Å². The molecule has 31 heavy (non-hydrogen) atoms. The summed E-state index contributed by atoms with van der Waals surface area (Å²) in [6, 6.07) is 16.8. The molecule has 0 saturated carbocycles. The normalized spacial score (nSPS) is 11.0. The Balaban J connectivity index is 1.92. The van der Waals surface area contributed by atoms with Gasteiger partial charge in [0.05, 0.1) is 17.7 Å². The van der Waals surface area contributed by atoms with E-state index in [2.05, 4.69) is 5.32 Å². The number of carbonyl (C=O) groups excluding carboxylic acids is 1. The van der Waals surface area contributed by atoms with Crippen LogP contribution in [-0.2, 0) is 4.79 Å². The van der Waals surface area contributed by atoms with Gasteiger partial charge in [0, 0.05) is 29.2 Å². The Kier molecular flexibility index (Phi) is 6.17. The fraction of sp³-hybridized carbons (Fsp3) is 0.130. The minimum Gasteiger partial charge on any atom is -0.497 e. The van der Waals surface area contributed by atoms with Crippen LogP contribution in [0, 0.1) is 35.3 Å². The van der Waals surface area contributed by atoms with E-state index in [1.54, 1.807) is 43.5 Å². The number of rotatable bonds is 6. The van der Waals surface area contributed by atoms with E-state index in [0.717, 1.165) is 11.4 Å². The number of aryl methyl sites for hydroxylation is 1. The van der Waals surface area contributed by atoms with Crippen molar-refractivity contribution in [2.75, 3.05) is 12.4 Å². The van der Waals surface area contributed by atoms with E-state index in [9.17, 15) is 20.2 Å². The largest absolute Gasteiger partial charge is 0.497 e. The first kappa shape index (κ1) is 21.3. The predicted molar refractivity (Wildman–Crippen MR) is 117 cm³/mol. The van der Waals surface area contributed by atoms with Gasteiger partial charge in [-0.3, -0.25) is 14.9 Å². The minimum atomic E-state index is -0.534. The maximum Gasteiger partial charge on any atom is 0.271 e. The molecule has 0 unspecified atom stereocenters. The van der Waals surface area contributed by atoms with Gasteiger partial charge in [0.2, 0.25) is 0 Å². The average Bonchev–Trinajstić information content (AvgIpc) is 3.05. The lowest BCUT2D eigenvalue weighted by atomic mass is 10.1. The van der Waals surface area contributed by atoms with Crippen LogP contribution in [0.3, 0.4) is 0 Å². The van der Waals surface area contributed by atoms with Gasteiger partial charge in [-0.15, -0.1) is 0 Å². The van der Waals surface area contributed by atoms with Crippen molar-refractivity contribution in [1.29, 1.82) is 5.26 Å². The number of nitro benzene ring substituents is 1. The van der Waals surface area contributed by atoms with Crippen LogP contribution in [-0.4, -0.2) is 22.5 Å². The molecule has 0 aliphatic rings. The molecule has 2 aromatic carbocycles. The third-order valence-corrected chi connectivity index (χ3v) is 4.78. The lowest BCUT2D eigenvalue weighted by Gasteiger charge is -2.09. The van der Waals surface area contributed by atoms with Gasteiger partial charge >= 0.3 is 0 Å². The van der Waals surface area contributed by atoms with Crippen molar-refractivity contribution in [2.24, 2.45) is 0 Å². The van der Waals surface area contributed by atoms with Gasteiger partial charge in [-0.25, -0.2) is 0 Å². The molecule has 0 spiro atoms. The van der Waals surface area contributed by atoms with Crippen LogP contribution in [0.25, 0.3) is 11.8 Å². The maximum absolute atomic E-state index is 12.6. The summed E-state index contributed by atoms with van der Waals surface area (Å²) in [6.45, 7) is 3.68. The number of benzene rings is 2. The van der Waals surface area contributed by atoms with Crippen molar-refractivity contribution in [2.45, 2.75) is 13.8 Å². The summed E-state index contributed by atoms with van der Waals surface area (Å²) in [5, 5.41) is 23.3. The summed E-state index contributed by atoms with van der Waals surface area (Å²) in [6.07, 6.45) is 1.51. The van der Waals surface area contributed by atoms with Gasteiger partial charge in [-0.05, 0) is 61.9 Å². The van der Waals surface area contributed by atoms with Crippen molar-refractivity contribution in [3.8, 4) is 17.5 Å². The van der Waals surface area contributed by atoms with Crippen LogP contribution in [0.5, 0.6) is 5.75 Å². The zero-order valence-electron chi connectivity index (χ0n) is 17.2. The van der Waals surface area contributed by atoms with E-state index in [-0.39, 0.29) is 11.3 Å². The van der Waals surface area contributed by atoms with Crippen LogP contribution < -0.4 is 10.1 Å². The van der Waals surface area contributed by atoms with Crippen LogP contribution in [0.2, 0.25) is 0 Å². The van der Waals surface area contributed by atoms with Crippen LogP contribution in [0.15, 0.2) is 60.2 Å². The highest BCUT2D eigenvalue weighted by Gasteiger charge is 2.15. The molecule has 8 nitrogen and oxygen atoms in total. The molecule has 3 aromatic rings. The molecule has 0 bridgehead atoms. The minimum absolute atomic E-state index is 0.0151. The quantitative estimate of drug-likeness (QED) is 0.274. The molecule has 1 heterocycles. The lowest BCUT2D eigenvalue weighted by molar-refractivity contribution is -0.384. The number of hydrogen-bond donors (Lipinski definition) is 1. The SMILES string of the molecule is COc1ccc(NC(=O)C(C#N)=Cc2cc(C)n(-c3cccc([N+](=O)[O-])c3)c2C)cc1. The van der Waals surface area contributed by atoms with Crippen LogP contribution in [0.1, 0.15) is 17.0 Å². The van der Waals surface area contributed by atoms with E-state index < -0.39 is 10.8 Å². The summed E-state index contributed by atoms with van der Waals surface area (Å²) in [4.78, 5) is 23.2. The topological polar surface area (TPSA) is 110 Å². The third-order valence-electron chi connectivity index (χ3n) is 4.78. The van der Waals surface area contributed by atoms with E-state index >= 15 is 0 Å². The van der Waals surface area contributed by atoms with Crippen molar-refractivity contribution >= 4 is 23.4 Å². The Hall–Kier alpha value is -4.38. The highest BCUT2D eigenvalue weighted by molar-refractivity contribution is 6.09. The fourth-order valence-electron chi connectivity index (χ4n) is 3.25. The number of aromatic nitrogens is 1. The Labute approximate surface area is 179 Å². The maximum atomic E-state index is 12.6. The molecular formula is C23H20N4O4. The Morgan fingerprint density at radius 3 is 2.52 bits per heavy atom. The van der Waals surface area contributed by atoms with Gasteiger partial charge < -0.3 is 14.6 Å². The van der Waals surface area contributed by atoms with Crippen molar-refractivity contribution in [3.05, 3.63) is 87.2 Å². The second-order valence-corrected chi connectivity index (χ2v) is 6.79. The molecule has 0 fully saturated rings. The van der Waals surface area contributed by atoms with Crippen molar-refractivity contribution < 1.29 is 14.5 Å². The number of nitrogens with one attached hydrogen (secondary N) is 1. The highest BCUT2D eigenvalue weighted by Crippen LogP contribution is 2.25. The van der Waals surface area contributed by atoms with Crippen LogP contribution >= 0.6 is 0 Å². The first-order chi connectivity index (χ1) is 14.8. The molecule has 0 aliphatic carbocycles. The standard InChI is InChI=1S/C23H20N4O4/c1-15-11-17(16(2)26(15)20-5-4-6-21(13-20)27(29)30)12-18(14-24)23(28)25-19-7-9-22(31-3)10-8-19/h4-13H,1-3H3,(H,25,28). The smallest absolute Gasteiger partial charge is 0.271 e. The molecule has 0 atom stereocenters. The summed E-state index contributed by atoms with van der Waals surface area (Å²) in [5.41, 5.74) is 3.33. The molecule has 1 amide bonds. The van der Waals surface area contributed by atoms with Gasteiger partial charge in [0.15, 0.2) is 0 Å². The number of anilines is 1. The molecule has 1 N–H and O–H groups in total. The summed E-state index contributed by atoms with van der Waals surface area (Å²) < 4.78 is 6.93. The Bertz CT molecular complexity index is 1220. The number of ether oxygens (including phenoxy) is 1. The Morgan fingerprint density at radius 1 is 1.19 bits per heavy atom. The molecular weight excluding hydrogens is 396 g/mol. The average molecular weight is 416 g/mol. The highest BCUT2D eigenvalue weighted by atomic mass is 16.6. The van der Waals surface area contributed by atoms with Gasteiger partial charge in [-0.1, -0.05) is 6.07 Å². The molecule has 0 saturated heterocycles. The van der Waals surface area contributed by atoms with Gasteiger partial charge in [0.25, 0.3) is 11.6 Å². The molecule has 1 aromatic heterocycles. The second kappa shape index (κ2) is 8.97. The number of carbonyl (C=O) groups is 1. The fourth-order valence-corrected chi connectivity index (χ4v) is 3.25. The molecule has 156 valence electrons. The number of nitriles is 1. The van der Waals surface area contributed by atoms with Gasteiger partial charge in [-0.2, -0.15) is 5.26 Å². The monoisotopic (exact) mass is 416 g/mol. The van der Waals surface area contributed by atoms with Crippen molar-refractivity contribution in [3.63, 3.8) is 0 Å². The number of non-ortho nitro benzene ring substituents is 1. The third kappa shape index (κ3) is 4.62.